The lowest BCUT2D eigenvalue weighted by Gasteiger charge is -2.28. The Bertz CT molecular complexity index is 465. The van der Waals surface area contributed by atoms with Crippen LogP contribution in [0.4, 0.5) is 0 Å². The fraction of sp³-hybridized carbons (Fsp3) is 0.588. The van der Waals surface area contributed by atoms with Crippen molar-refractivity contribution in [3.63, 3.8) is 0 Å². The molecule has 0 saturated heterocycles. The molecular formula is C17H25ClN2O. The topological polar surface area (TPSA) is 55.1 Å². The van der Waals surface area contributed by atoms with Crippen LogP contribution < -0.4 is 11.1 Å². The van der Waals surface area contributed by atoms with Gasteiger partial charge in [0, 0.05) is 24.4 Å². The Morgan fingerprint density at radius 1 is 1.19 bits per heavy atom. The lowest BCUT2D eigenvalue weighted by atomic mass is 9.83. The summed E-state index contributed by atoms with van der Waals surface area (Å²) >= 11 is 0. The van der Waals surface area contributed by atoms with E-state index in [0.29, 0.717) is 24.3 Å². The van der Waals surface area contributed by atoms with Gasteiger partial charge in [0.05, 0.1) is 0 Å². The molecule has 116 valence electrons. The zero-order valence-corrected chi connectivity index (χ0v) is 13.1. The summed E-state index contributed by atoms with van der Waals surface area (Å²) in [5, 5.41) is 3.18. The molecule has 2 aliphatic rings. The van der Waals surface area contributed by atoms with Crippen molar-refractivity contribution in [1.29, 1.82) is 0 Å². The molecule has 0 heterocycles. The van der Waals surface area contributed by atoms with E-state index in [1.807, 2.05) is 6.07 Å². The van der Waals surface area contributed by atoms with Gasteiger partial charge in [0.2, 0.25) is 5.91 Å². The maximum absolute atomic E-state index is 12.1. The molecule has 0 bridgehead atoms. The third-order valence-corrected chi connectivity index (χ3v) is 4.78. The number of carbonyl (C=O) groups excluding carboxylic acids is 1. The third kappa shape index (κ3) is 4.21. The molecule has 0 radical (unpaired) electrons. The lowest BCUT2D eigenvalue weighted by Crippen LogP contribution is -2.37. The first-order chi connectivity index (χ1) is 9.74. The van der Waals surface area contributed by atoms with Crippen molar-refractivity contribution in [2.45, 2.75) is 56.5 Å². The van der Waals surface area contributed by atoms with Gasteiger partial charge in [0.15, 0.2) is 0 Å². The van der Waals surface area contributed by atoms with Gasteiger partial charge in [-0.2, -0.15) is 0 Å². The zero-order chi connectivity index (χ0) is 13.9. The summed E-state index contributed by atoms with van der Waals surface area (Å²) in [6.07, 6.45) is 6.32. The van der Waals surface area contributed by atoms with Gasteiger partial charge in [0.1, 0.15) is 0 Å². The minimum Gasteiger partial charge on any atom is -0.353 e. The molecule has 0 spiro atoms. The van der Waals surface area contributed by atoms with Gasteiger partial charge in [-0.25, -0.2) is 0 Å². The molecule has 2 saturated carbocycles. The van der Waals surface area contributed by atoms with E-state index in [2.05, 4.69) is 29.6 Å². The van der Waals surface area contributed by atoms with Crippen LogP contribution in [-0.4, -0.2) is 18.0 Å². The highest BCUT2D eigenvalue weighted by Crippen LogP contribution is 2.40. The van der Waals surface area contributed by atoms with Crippen molar-refractivity contribution in [3.8, 4) is 0 Å². The van der Waals surface area contributed by atoms with Gasteiger partial charge >= 0.3 is 0 Å². The zero-order valence-electron chi connectivity index (χ0n) is 12.3. The second-order valence-corrected chi connectivity index (χ2v) is 6.34. The van der Waals surface area contributed by atoms with Crippen LogP contribution in [-0.2, 0) is 4.79 Å². The van der Waals surface area contributed by atoms with Crippen molar-refractivity contribution < 1.29 is 4.79 Å². The number of hydrogen-bond donors (Lipinski definition) is 2. The average molecular weight is 309 g/mol. The van der Waals surface area contributed by atoms with Gasteiger partial charge in [-0.3, -0.25) is 4.79 Å². The van der Waals surface area contributed by atoms with Crippen molar-refractivity contribution in [2.75, 3.05) is 0 Å². The maximum Gasteiger partial charge on any atom is 0.220 e. The van der Waals surface area contributed by atoms with E-state index in [-0.39, 0.29) is 24.4 Å². The largest absolute Gasteiger partial charge is 0.353 e. The quantitative estimate of drug-likeness (QED) is 0.898. The number of rotatable bonds is 4. The monoisotopic (exact) mass is 308 g/mol. The highest BCUT2D eigenvalue weighted by atomic mass is 35.5. The summed E-state index contributed by atoms with van der Waals surface area (Å²) in [7, 11) is 0. The summed E-state index contributed by atoms with van der Waals surface area (Å²) in [5.74, 6) is 1.09. The van der Waals surface area contributed by atoms with Crippen molar-refractivity contribution in [3.05, 3.63) is 35.9 Å². The van der Waals surface area contributed by atoms with Gasteiger partial charge < -0.3 is 11.1 Å². The first kappa shape index (κ1) is 16.3. The van der Waals surface area contributed by atoms with Crippen LogP contribution in [0.2, 0.25) is 0 Å². The van der Waals surface area contributed by atoms with E-state index in [1.165, 1.54) is 18.4 Å². The van der Waals surface area contributed by atoms with E-state index < -0.39 is 0 Å². The van der Waals surface area contributed by atoms with E-state index in [4.69, 9.17) is 5.73 Å². The second-order valence-electron chi connectivity index (χ2n) is 6.34. The minimum absolute atomic E-state index is 0. The first-order valence-corrected chi connectivity index (χ1v) is 7.84. The molecule has 3 rings (SSSR count). The SMILES string of the molecule is Cl.NC1CCCCC1CC(=O)NC1CC1c1ccccc1. The minimum atomic E-state index is 0. The van der Waals surface area contributed by atoms with E-state index in [1.54, 1.807) is 0 Å². The van der Waals surface area contributed by atoms with Crippen LogP contribution >= 0.6 is 12.4 Å². The number of hydrogen-bond acceptors (Lipinski definition) is 2. The van der Waals surface area contributed by atoms with Crippen LogP contribution in [0.25, 0.3) is 0 Å². The van der Waals surface area contributed by atoms with E-state index >= 15 is 0 Å². The average Bonchev–Trinajstić information content (AvgIpc) is 3.21. The standard InChI is InChI=1S/C17H24N2O.ClH/c18-15-9-5-4-8-13(15)10-17(20)19-16-11-14(16)12-6-2-1-3-7-12;/h1-3,6-7,13-16H,4-5,8-11,18H2,(H,19,20);1H. The number of benzene rings is 1. The van der Waals surface area contributed by atoms with Crippen molar-refractivity contribution >= 4 is 18.3 Å². The third-order valence-electron chi connectivity index (χ3n) is 4.78. The Kier molecular flexibility index (Phi) is 5.65. The second kappa shape index (κ2) is 7.28. The molecule has 21 heavy (non-hydrogen) atoms. The van der Waals surface area contributed by atoms with Gasteiger partial charge in [0.25, 0.3) is 0 Å². The van der Waals surface area contributed by atoms with E-state index in [9.17, 15) is 4.79 Å². The molecule has 2 aliphatic carbocycles. The smallest absolute Gasteiger partial charge is 0.220 e. The Morgan fingerprint density at radius 2 is 1.90 bits per heavy atom. The summed E-state index contributed by atoms with van der Waals surface area (Å²) in [6, 6.07) is 11.0. The fourth-order valence-corrected chi connectivity index (χ4v) is 3.42. The van der Waals surface area contributed by atoms with Crippen molar-refractivity contribution in [2.24, 2.45) is 11.7 Å². The Labute approximate surface area is 133 Å². The summed E-state index contributed by atoms with van der Waals surface area (Å²) in [4.78, 5) is 12.1. The Hall–Kier alpha value is -1.06. The number of nitrogens with two attached hydrogens (primary N) is 1. The molecular weight excluding hydrogens is 284 g/mol. The summed E-state index contributed by atoms with van der Waals surface area (Å²) in [6.45, 7) is 0. The molecule has 4 unspecified atom stereocenters. The number of amides is 1. The van der Waals surface area contributed by atoms with Gasteiger partial charge in [-0.1, -0.05) is 43.2 Å². The van der Waals surface area contributed by atoms with Gasteiger partial charge in [-0.05, 0) is 30.7 Å². The van der Waals surface area contributed by atoms with Crippen LogP contribution in [0.5, 0.6) is 0 Å². The molecule has 0 aromatic heterocycles. The van der Waals surface area contributed by atoms with Crippen LogP contribution in [0, 0.1) is 5.92 Å². The number of nitrogens with one attached hydrogen (secondary N) is 1. The fourth-order valence-electron chi connectivity index (χ4n) is 3.42. The predicted octanol–water partition coefficient (Wildman–Crippen LogP) is 2.99. The highest BCUT2D eigenvalue weighted by Gasteiger charge is 2.39. The molecule has 1 aromatic rings. The predicted molar refractivity (Wildman–Crippen MR) is 87.5 cm³/mol. The Morgan fingerprint density at radius 3 is 2.62 bits per heavy atom. The normalized spacial score (nSPS) is 31.1. The molecule has 3 N–H and O–H groups in total. The molecule has 4 heteroatoms. The number of halogens is 1. The molecule has 1 aromatic carbocycles. The summed E-state index contributed by atoms with van der Waals surface area (Å²) < 4.78 is 0. The number of carbonyl (C=O) groups is 1. The molecule has 2 fully saturated rings. The molecule has 4 atom stereocenters. The van der Waals surface area contributed by atoms with E-state index in [0.717, 1.165) is 19.3 Å². The first-order valence-electron chi connectivity index (χ1n) is 7.84. The summed E-state index contributed by atoms with van der Waals surface area (Å²) in [5.41, 5.74) is 7.45. The molecule has 1 amide bonds. The van der Waals surface area contributed by atoms with Gasteiger partial charge in [-0.15, -0.1) is 12.4 Å². The lowest BCUT2D eigenvalue weighted by molar-refractivity contribution is -0.122. The Balaban J connectivity index is 0.00000161. The highest BCUT2D eigenvalue weighted by molar-refractivity contribution is 5.85. The van der Waals surface area contributed by atoms with Crippen LogP contribution in [0.1, 0.15) is 50.0 Å². The van der Waals surface area contributed by atoms with Crippen molar-refractivity contribution in [1.82, 2.24) is 5.32 Å². The van der Waals surface area contributed by atoms with Crippen LogP contribution in [0.15, 0.2) is 30.3 Å². The molecule has 0 aliphatic heterocycles. The van der Waals surface area contributed by atoms with Crippen LogP contribution in [0.3, 0.4) is 0 Å². The maximum atomic E-state index is 12.1. The molecule has 3 nitrogen and oxygen atoms in total.